The molecule has 0 N–H and O–H groups in total. The lowest BCUT2D eigenvalue weighted by molar-refractivity contribution is 0.819. The number of rotatable bonds is 2. The summed E-state index contributed by atoms with van der Waals surface area (Å²) >= 11 is 3.34. The third-order valence-electron chi connectivity index (χ3n) is 0.930. The maximum atomic E-state index is 8.01. The van der Waals surface area contributed by atoms with Crippen LogP contribution in [-0.4, -0.2) is 4.98 Å². The van der Waals surface area contributed by atoms with E-state index in [2.05, 4.69) is 20.9 Å². The zero-order valence-corrected chi connectivity index (χ0v) is 7.64. The predicted molar refractivity (Wildman–Crippen MR) is 53.3 cm³/mol. The van der Waals surface area contributed by atoms with E-state index in [4.69, 9.17) is 16.4 Å². The van der Waals surface area contributed by atoms with Crippen molar-refractivity contribution >= 4 is 27.3 Å². The number of halogens is 1. The van der Waals surface area contributed by atoms with E-state index in [1.807, 2.05) is 0 Å². The summed E-state index contributed by atoms with van der Waals surface area (Å²) in [6.07, 6.45) is -2.91. The summed E-state index contributed by atoms with van der Waals surface area (Å²) in [4.78, 5) is 3.58. The number of aromatic nitrogens is 1. The number of nitrogens with zero attached hydrogens (tertiary/aromatic N) is 1. The zero-order valence-electron chi connectivity index (χ0n) is 17.2. The molecular weight excluding hydrogens is 222 g/mol. The predicted octanol–water partition coefficient (Wildman–Crippen LogP) is 3.59. The fourth-order valence-corrected chi connectivity index (χ4v) is 1.86. The normalized spacial score (nSPS) is 32.8. The van der Waals surface area contributed by atoms with E-state index < -0.39 is 43.5 Å². The van der Waals surface area contributed by atoms with Crippen LogP contribution in [0.15, 0.2) is 3.79 Å². The van der Waals surface area contributed by atoms with Gasteiger partial charge in [0, 0.05) is 16.4 Å². The van der Waals surface area contributed by atoms with Crippen molar-refractivity contribution in [1.82, 2.24) is 4.98 Å². The van der Waals surface area contributed by atoms with Crippen molar-refractivity contribution in [3.63, 3.8) is 0 Å². The van der Waals surface area contributed by atoms with Gasteiger partial charge in [0.2, 0.25) is 0 Å². The molecule has 0 aliphatic heterocycles. The Kier molecular flexibility index (Phi) is 0.710. The lowest BCUT2D eigenvalue weighted by Gasteiger charge is -1.98. The van der Waals surface area contributed by atoms with Crippen LogP contribution in [0.4, 0.5) is 0 Å². The van der Waals surface area contributed by atoms with E-state index in [1.165, 1.54) is 0 Å². The van der Waals surface area contributed by atoms with E-state index in [0.29, 0.717) is 11.3 Å². The summed E-state index contributed by atoms with van der Waals surface area (Å²) in [5.74, 6) is -3.13. The van der Waals surface area contributed by atoms with Crippen molar-refractivity contribution in [2.45, 2.75) is 32.8 Å². The standard InChI is InChI=1S/C8H12BrNS/c1-4-6-10-7(5(2)3)8(9)11-6/h5H,4H2,1-3H3/i1D3,2D3,3D3,4D2,5D. The van der Waals surface area contributed by atoms with Gasteiger partial charge in [0.1, 0.15) is 0 Å². The molecule has 1 nitrogen and oxygen atoms in total. The van der Waals surface area contributed by atoms with Gasteiger partial charge in [-0.25, -0.2) is 4.98 Å². The summed E-state index contributed by atoms with van der Waals surface area (Å²) in [6, 6.07) is 0. The molecule has 0 fully saturated rings. The molecule has 0 radical (unpaired) electrons. The topological polar surface area (TPSA) is 12.9 Å². The molecule has 0 aliphatic carbocycles. The molecule has 11 heavy (non-hydrogen) atoms. The zero-order chi connectivity index (χ0) is 18.6. The highest BCUT2D eigenvalue weighted by Gasteiger charge is 2.10. The van der Waals surface area contributed by atoms with E-state index in [1.54, 1.807) is 0 Å². The van der Waals surface area contributed by atoms with Gasteiger partial charge in [-0.3, -0.25) is 0 Å². The maximum absolute atomic E-state index is 8.01. The SMILES string of the molecule is [2H]C([2H])([2H])C([2H])([2H])c1nc(C([2H])(C([2H])([2H])[2H])C([2H])([2H])[2H])c(Br)s1. The maximum Gasteiger partial charge on any atom is 0.0937 e. The van der Waals surface area contributed by atoms with Crippen LogP contribution >= 0.6 is 27.3 Å². The highest BCUT2D eigenvalue weighted by atomic mass is 79.9. The Bertz CT molecular complexity index is 567. The van der Waals surface area contributed by atoms with Crippen molar-refractivity contribution < 1.29 is 16.4 Å². The summed E-state index contributed by atoms with van der Waals surface area (Å²) in [5.41, 5.74) is -0.731. The molecule has 0 amide bonds. The molecule has 1 rings (SSSR count). The van der Waals surface area contributed by atoms with Crippen LogP contribution in [0.2, 0.25) is 0 Å². The van der Waals surface area contributed by atoms with E-state index in [9.17, 15) is 0 Å². The minimum atomic E-state index is -3.29. The molecule has 1 aromatic heterocycles. The first-order valence-corrected chi connectivity index (χ1v) is 4.15. The summed E-state index contributed by atoms with van der Waals surface area (Å²) in [7, 11) is 0. The number of hydrogen-bond acceptors (Lipinski definition) is 2. The van der Waals surface area contributed by atoms with Crippen LogP contribution in [0.1, 0.15) is 53.6 Å². The molecular formula is C8H12BrNS. The molecule has 3 heteroatoms. The van der Waals surface area contributed by atoms with Gasteiger partial charge in [0.15, 0.2) is 0 Å². The highest BCUT2D eigenvalue weighted by molar-refractivity contribution is 9.11. The largest absolute Gasteiger partial charge is 0.245 e. The van der Waals surface area contributed by atoms with Gasteiger partial charge < -0.3 is 0 Å². The average molecular weight is 246 g/mol. The van der Waals surface area contributed by atoms with Crippen molar-refractivity contribution in [2.24, 2.45) is 0 Å². The van der Waals surface area contributed by atoms with Gasteiger partial charge in [0.25, 0.3) is 0 Å². The van der Waals surface area contributed by atoms with E-state index in [-0.39, 0.29) is 3.79 Å². The Morgan fingerprint density at radius 3 is 3.36 bits per heavy atom. The monoisotopic (exact) mass is 245 g/mol. The lowest BCUT2D eigenvalue weighted by atomic mass is 10.2. The van der Waals surface area contributed by atoms with E-state index >= 15 is 0 Å². The molecule has 0 atom stereocenters. The van der Waals surface area contributed by atoms with Gasteiger partial charge in [-0.1, -0.05) is 20.6 Å². The second kappa shape index (κ2) is 3.68. The summed E-state index contributed by atoms with van der Waals surface area (Å²) in [6.45, 7) is -9.68. The first-order valence-electron chi connectivity index (χ1n) is 8.54. The molecule has 62 valence electrons. The number of thiazole rings is 1. The minimum absolute atomic E-state index is 0.206. The molecule has 0 spiro atoms. The first-order chi connectivity index (χ1) is 9.87. The van der Waals surface area contributed by atoms with Crippen molar-refractivity contribution in [3.05, 3.63) is 14.5 Å². The number of aryl methyl sites for hydroxylation is 1. The van der Waals surface area contributed by atoms with Crippen LogP contribution in [0.5, 0.6) is 0 Å². The Labute approximate surface area is 96.8 Å². The van der Waals surface area contributed by atoms with Gasteiger partial charge in [-0.15, -0.1) is 11.3 Å². The minimum Gasteiger partial charge on any atom is -0.245 e. The lowest BCUT2D eigenvalue weighted by Crippen LogP contribution is -1.88. The van der Waals surface area contributed by atoms with Gasteiger partial charge >= 0.3 is 0 Å². The van der Waals surface area contributed by atoms with Crippen molar-refractivity contribution in [3.8, 4) is 0 Å². The Balaban J connectivity index is 3.63. The van der Waals surface area contributed by atoms with Crippen LogP contribution in [0.25, 0.3) is 0 Å². The summed E-state index contributed by atoms with van der Waals surface area (Å²) in [5, 5.41) is -0.621. The first kappa shape index (κ1) is 2.13. The molecule has 0 bridgehead atoms. The summed E-state index contributed by atoms with van der Waals surface area (Å²) < 4.78 is 89.0. The Morgan fingerprint density at radius 1 is 1.91 bits per heavy atom. The fraction of sp³-hybridized carbons (Fsp3) is 0.625. The Hall–Kier alpha value is 0.110. The van der Waals surface area contributed by atoms with Crippen LogP contribution in [0, 0.1) is 0 Å². The quantitative estimate of drug-likeness (QED) is 0.777. The average Bonchev–Trinajstić information content (AvgIpc) is 2.66. The van der Waals surface area contributed by atoms with Gasteiger partial charge in [0.05, 0.1) is 14.5 Å². The molecule has 1 aromatic rings. The van der Waals surface area contributed by atoms with Crippen molar-refractivity contribution in [2.75, 3.05) is 0 Å². The van der Waals surface area contributed by atoms with Crippen molar-refractivity contribution in [1.29, 1.82) is 0 Å². The van der Waals surface area contributed by atoms with Crippen LogP contribution in [0.3, 0.4) is 0 Å². The molecule has 0 saturated carbocycles. The highest BCUT2D eigenvalue weighted by Crippen LogP contribution is 2.30. The molecule has 0 aromatic carbocycles. The third-order valence-corrected chi connectivity index (χ3v) is 2.55. The van der Waals surface area contributed by atoms with Gasteiger partial charge in [-0.2, -0.15) is 0 Å². The molecule has 0 unspecified atom stereocenters. The Morgan fingerprint density at radius 2 is 2.73 bits per heavy atom. The molecule has 0 aliphatic rings. The van der Waals surface area contributed by atoms with Gasteiger partial charge in [-0.05, 0) is 28.2 Å². The number of hydrogen-bond donors (Lipinski definition) is 0. The second-order valence-electron chi connectivity index (χ2n) is 1.64. The molecule has 0 saturated heterocycles. The fourth-order valence-electron chi connectivity index (χ4n) is 0.509. The second-order valence-corrected chi connectivity index (χ2v) is 3.96. The third kappa shape index (κ3) is 2.03. The van der Waals surface area contributed by atoms with Crippen LogP contribution in [-0.2, 0) is 6.37 Å². The molecule has 1 heterocycles. The smallest absolute Gasteiger partial charge is 0.0937 e. The van der Waals surface area contributed by atoms with E-state index in [0.717, 1.165) is 0 Å². The van der Waals surface area contributed by atoms with Crippen LogP contribution < -0.4 is 0 Å².